The van der Waals surface area contributed by atoms with Gasteiger partial charge in [0.25, 0.3) is 5.91 Å². The van der Waals surface area contributed by atoms with Gasteiger partial charge in [0.15, 0.2) is 0 Å². The van der Waals surface area contributed by atoms with Crippen molar-refractivity contribution in [1.29, 1.82) is 0 Å². The van der Waals surface area contributed by atoms with Crippen molar-refractivity contribution in [2.45, 2.75) is 51.2 Å². The minimum absolute atomic E-state index is 0.102. The van der Waals surface area contributed by atoms with Crippen LogP contribution >= 0.6 is 0 Å². The van der Waals surface area contributed by atoms with Crippen LogP contribution < -0.4 is 5.32 Å². The molecule has 1 aliphatic rings. The molecule has 162 valence electrons. The summed E-state index contributed by atoms with van der Waals surface area (Å²) in [4.78, 5) is 18.6. The lowest BCUT2D eigenvalue weighted by atomic mass is 9.89. The predicted molar refractivity (Wildman–Crippen MR) is 125 cm³/mol. The van der Waals surface area contributed by atoms with Crippen LogP contribution in [-0.2, 0) is 6.54 Å². The number of amides is 1. The molecule has 2 atom stereocenters. The SMILES string of the molecule is CCN(C(=O)c1cc2ccccc2[nH]1)[C@H]1CCC[C@@H](NCc2ccc(/N=N/C)cc2)C1. The predicted octanol–water partition coefficient (Wildman–Crippen LogP) is 5.44. The molecular formula is C25H31N5O. The lowest BCUT2D eigenvalue weighted by molar-refractivity contribution is 0.0623. The van der Waals surface area contributed by atoms with E-state index in [2.05, 4.69) is 39.6 Å². The molecule has 6 heteroatoms. The second kappa shape index (κ2) is 9.88. The van der Waals surface area contributed by atoms with Crippen molar-refractivity contribution in [2.75, 3.05) is 13.6 Å². The Balaban J connectivity index is 1.38. The fraction of sp³-hybridized carbons (Fsp3) is 0.400. The number of benzene rings is 2. The van der Waals surface area contributed by atoms with Crippen LogP contribution in [0.1, 0.15) is 48.7 Å². The second-order valence-electron chi connectivity index (χ2n) is 8.23. The van der Waals surface area contributed by atoms with Crippen LogP contribution in [0.2, 0.25) is 0 Å². The number of nitrogens with zero attached hydrogens (tertiary/aromatic N) is 3. The van der Waals surface area contributed by atoms with E-state index in [1.54, 1.807) is 7.05 Å². The van der Waals surface area contributed by atoms with Crippen LogP contribution in [0.15, 0.2) is 64.8 Å². The van der Waals surface area contributed by atoms with Crippen LogP contribution in [0.3, 0.4) is 0 Å². The Hall–Kier alpha value is -2.99. The number of hydrogen-bond donors (Lipinski definition) is 2. The molecule has 0 unspecified atom stereocenters. The van der Waals surface area contributed by atoms with E-state index in [1.165, 1.54) is 5.56 Å². The molecule has 0 radical (unpaired) electrons. The molecule has 1 saturated carbocycles. The molecule has 1 fully saturated rings. The number of aromatic nitrogens is 1. The van der Waals surface area contributed by atoms with Gasteiger partial charge in [0.05, 0.1) is 5.69 Å². The highest BCUT2D eigenvalue weighted by atomic mass is 16.2. The molecule has 1 aromatic heterocycles. The van der Waals surface area contributed by atoms with Gasteiger partial charge in [-0.3, -0.25) is 4.79 Å². The molecule has 1 heterocycles. The molecule has 1 aliphatic carbocycles. The van der Waals surface area contributed by atoms with E-state index in [-0.39, 0.29) is 11.9 Å². The Morgan fingerprint density at radius 3 is 2.71 bits per heavy atom. The van der Waals surface area contributed by atoms with Crippen molar-refractivity contribution in [2.24, 2.45) is 10.2 Å². The maximum atomic E-state index is 13.3. The summed E-state index contributed by atoms with van der Waals surface area (Å²) in [7, 11) is 1.68. The largest absolute Gasteiger partial charge is 0.351 e. The average Bonchev–Trinajstić information content (AvgIpc) is 3.24. The van der Waals surface area contributed by atoms with Crippen molar-refractivity contribution < 1.29 is 4.79 Å². The van der Waals surface area contributed by atoms with E-state index in [1.807, 2.05) is 47.4 Å². The van der Waals surface area contributed by atoms with Gasteiger partial charge in [-0.1, -0.05) is 30.3 Å². The summed E-state index contributed by atoms with van der Waals surface area (Å²) in [5.41, 5.74) is 3.80. The topological polar surface area (TPSA) is 72.8 Å². The Kier molecular flexibility index (Phi) is 6.77. The first-order valence-corrected chi connectivity index (χ1v) is 11.2. The summed E-state index contributed by atoms with van der Waals surface area (Å²) in [6.07, 6.45) is 4.34. The van der Waals surface area contributed by atoms with Crippen LogP contribution in [0.4, 0.5) is 5.69 Å². The monoisotopic (exact) mass is 417 g/mol. The van der Waals surface area contributed by atoms with Gasteiger partial charge in [0.1, 0.15) is 5.69 Å². The number of aromatic amines is 1. The number of carbonyl (C=O) groups is 1. The summed E-state index contributed by atoms with van der Waals surface area (Å²) in [5.74, 6) is 0.102. The maximum Gasteiger partial charge on any atom is 0.270 e. The molecule has 3 aromatic rings. The van der Waals surface area contributed by atoms with Gasteiger partial charge >= 0.3 is 0 Å². The van der Waals surface area contributed by atoms with E-state index in [0.717, 1.165) is 55.4 Å². The van der Waals surface area contributed by atoms with E-state index < -0.39 is 0 Å². The van der Waals surface area contributed by atoms with Crippen LogP contribution in [0.25, 0.3) is 10.9 Å². The lowest BCUT2D eigenvalue weighted by Crippen LogP contribution is -2.46. The van der Waals surface area contributed by atoms with Crippen molar-refractivity contribution in [3.63, 3.8) is 0 Å². The lowest BCUT2D eigenvalue weighted by Gasteiger charge is -2.37. The first-order chi connectivity index (χ1) is 15.2. The average molecular weight is 418 g/mol. The molecule has 0 aliphatic heterocycles. The molecule has 4 rings (SSSR count). The minimum atomic E-state index is 0.102. The first-order valence-electron chi connectivity index (χ1n) is 11.2. The summed E-state index contributed by atoms with van der Waals surface area (Å²) in [6, 6.07) is 18.9. The third kappa shape index (κ3) is 5.02. The number of H-pyrrole nitrogens is 1. The Labute approximate surface area is 183 Å². The van der Waals surface area contributed by atoms with Crippen LogP contribution in [0, 0.1) is 0 Å². The smallest absolute Gasteiger partial charge is 0.270 e. The van der Waals surface area contributed by atoms with Gasteiger partial charge < -0.3 is 15.2 Å². The third-order valence-electron chi connectivity index (χ3n) is 6.20. The number of nitrogens with one attached hydrogen (secondary N) is 2. The molecular weight excluding hydrogens is 386 g/mol. The molecule has 0 saturated heterocycles. The van der Waals surface area contributed by atoms with Crippen molar-refractivity contribution in [3.05, 3.63) is 65.9 Å². The Bertz CT molecular complexity index is 1010. The Morgan fingerprint density at radius 2 is 1.97 bits per heavy atom. The molecule has 0 spiro atoms. The normalized spacial score (nSPS) is 19.2. The number of para-hydroxylation sites is 1. The number of azo groups is 1. The minimum Gasteiger partial charge on any atom is -0.351 e. The van der Waals surface area contributed by atoms with Crippen molar-refractivity contribution >= 4 is 22.5 Å². The highest BCUT2D eigenvalue weighted by Gasteiger charge is 2.29. The molecule has 0 bridgehead atoms. The molecule has 6 nitrogen and oxygen atoms in total. The van der Waals surface area contributed by atoms with Crippen LogP contribution in [-0.4, -0.2) is 41.5 Å². The number of hydrogen-bond acceptors (Lipinski definition) is 4. The summed E-state index contributed by atoms with van der Waals surface area (Å²) in [5, 5.41) is 12.6. The molecule has 2 N–H and O–H groups in total. The van der Waals surface area contributed by atoms with Gasteiger partial charge in [0, 0.05) is 43.1 Å². The highest BCUT2D eigenvalue weighted by Crippen LogP contribution is 2.26. The molecule has 31 heavy (non-hydrogen) atoms. The third-order valence-corrected chi connectivity index (χ3v) is 6.20. The van der Waals surface area contributed by atoms with Gasteiger partial charge in [0.2, 0.25) is 0 Å². The van der Waals surface area contributed by atoms with Gasteiger partial charge in [-0.05, 0) is 62.4 Å². The van der Waals surface area contributed by atoms with Gasteiger partial charge in [-0.15, -0.1) is 0 Å². The second-order valence-corrected chi connectivity index (χ2v) is 8.23. The summed E-state index contributed by atoms with van der Waals surface area (Å²) in [6.45, 7) is 3.62. The Morgan fingerprint density at radius 1 is 1.16 bits per heavy atom. The summed E-state index contributed by atoms with van der Waals surface area (Å²) >= 11 is 0. The van der Waals surface area contributed by atoms with E-state index in [0.29, 0.717) is 11.7 Å². The molecule has 1 amide bonds. The standard InChI is InChI=1S/C25H31N5O/c1-3-30(25(31)24-15-19-7-4-5-10-23(19)28-24)22-9-6-8-21(16-22)27-17-18-11-13-20(14-12-18)29-26-2/h4-5,7,10-15,21-22,27-28H,3,6,8-9,16-17H2,1-2H3/b29-26+/t21-,22+/m1/s1. The number of rotatable bonds is 7. The first kappa shape index (κ1) is 21.2. The quantitative estimate of drug-likeness (QED) is 0.502. The maximum absolute atomic E-state index is 13.3. The zero-order chi connectivity index (χ0) is 21.6. The number of fused-ring (bicyclic) bond motifs is 1. The van der Waals surface area contributed by atoms with Crippen LogP contribution in [0.5, 0.6) is 0 Å². The molecule has 2 aromatic carbocycles. The van der Waals surface area contributed by atoms with Gasteiger partial charge in [-0.2, -0.15) is 10.2 Å². The van der Waals surface area contributed by atoms with Crippen molar-refractivity contribution in [3.8, 4) is 0 Å². The van der Waals surface area contributed by atoms with E-state index in [4.69, 9.17) is 0 Å². The zero-order valence-electron chi connectivity index (χ0n) is 18.3. The number of carbonyl (C=O) groups excluding carboxylic acids is 1. The summed E-state index contributed by atoms with van der Waals surface area (Å²) < 4.78 is 0. The van der Waals surface area contributed by atoms with E-state index >= 15 is 0 Å². The zero-order valence-corrected chi connectivity index (χ0v) is 18.3. The van der Waals surface area contributed by atoms with Gasteiger partial charge in [-0.25, -0.2) is 0 Å². The fourth-order valence-electron chi connectivity index (χ4n) is 4.60. The van der Waals surface area contributed by atoms with Crippen molar-refractivity contribution in [1.82, 2.24) is 15.2 Å². The van der Waals surface area contributed by atoms with E-state index in [9.17, 15) is 4.79 Å². The fourth-order valence-corrected chi connectivity index (χ4v) is 4.60. The highest BCUT2D eigenvalue weighted by molar-refractivity contribution is 5.98.